The van der Waals surface area contributed by atoms with Crippen LogP contribution in [0.5, 0.6) is 5.75 Å². The first-order valence-corrected chi connectivity index (χ1v) is 10.7. The van der Waals surface area contributed by atoms with E-state index in [1.807, 2.05) is 18.2 Å². The summed E-state index contributed by atoms with van der Waals surface area (Å²) in [5.41, 5.74) is 2.22. The van der Waals surface area contributed by atoms with Gasteiger partial charge in [-0.2, -0.15) is 0 Å². The van der Waals surface area contributed by atoms with Crippen molar-refractivity contribution in [1.29, 1.82) is 0 Å². The lowest BCUT2D eigenvalue weighted by Crippen LogP contribution is -2.32. The van der Waals surface area contributed by atoms with E-state index in [1.165, 1.54) is 17.9 Å². The number of esters is 1. The summed E-state index contributed by atoms with van der Waals surface area (Å²) in [5.74, 6) is -0.544. The minimum Gasteiger partial charge on any atom is -0.497 e. The summed E-state index contributed by atoms with van der Waals surface area (Å²) in [4.78, 5) is 38.2. The molecule has 0 aliphatic carbocycles. The van der Waals surface area contributed by atoms with Crippen molar-refractivity contribution in [3.8, 4) is 11.4 Å². The normalized spacial score (nSPS) is 11.9. The van der Waals surface area contributed by atoms with Gasteiger partial charge < -0.3 is 19.2 Å². The standard InChI is InChI=1S/C25H25N3O6/c1-15-23(25(31)28(27(15)3)18-8-6-5-7-9-18)26-24(30)16(2)34-22(29)12-17-14-33-21-13-19(32-4)10-11-20(17)21/h5-11,13-14,16H,12H2,1-4H3,(H,26,30)/t16-/m1/s1. The number of carbonyl (C=O) groups is 2. The molecule has 1 amide bonds. The van der Waals surface area contributed by atoms with Crippen molar-refractivity contribution in [2.24, 2.45) is 7.05 Å². The highest BCUT2D eigenvalue weighted by atomic mass is 16.5. The van der Waals surface area contributed by atoms with Gasteiger partial charge in [0.05, 0.1) is 31.2 Å². The van der Waals surface area contributed by atoms with Crippen LogP contribution in [0.25, 0.3) is 16.7 Å². The number of amides is 1. The molecular formula is C25H25N3O6. The van der Waals surface area contributed by atoms with Crippen molar-refractivity contribution in [1.82, 2.24) is 9.36 Å². The third-order valence-electron chi connectivity index (χ3n) is 5.68. The Morgan fingerprint density at radius 3 is 2.59 bits per heavy atom. The van der Waals surface area contributed by atoms with Gasteiger partial charge in [0.2, 0.25) is 0 Å². The summed E-state index contributed by atoms with van der Waals surface area (Å²) in [6.07, 6.45) is 0.312. The largest absolute Gasteiger partial charge is 0.497 e. The number of hydrogen-bond donors (Lipinski definition) is 1. The Labute approximate surface area is 195 Å². The maximum absolute atomic E-state index is 13.0. The molecule has 4 aromatic rings. The highest BCUT2D eigenvalue weighted by Crippen LogP contribution is 2.26. The molecule has 34 heavy (non-hydrogen) atoms. The van der Waals surface area contributed by atoms with E-state index in [0.717, 1.165) is 5.39 Å². The van der Waals surface area contributed by atoms with E-state index < -0.39 is 18.0 Å². The van der Waals surface area contributed by atoms with Crippen LogP contribution in [0.2, 0.25) is 0 Å². The molecule has 176 valence electrons. The number of fused-ring (bicyclic) bond motifs is 1. The van der Waals surface area contributed by atoms with E-state index in [-0.39, 0.29) is 17.7 Å². The molecule has 1 atom stereocenters. The van der Waals surface area contributed by atoms with Crippen molar-refractivity contribution >= 4 is 28.5 Å². The fraction of sp³-hybridized carbons (Fsp3) is 0.240. The third-order valence-corrected chi connectivity index (χ3v) is 5.68. The zero-order valence-corrected chi connectivity index (χ0v) is 19.3. The number of aromatic nitrogens is 2. The second-order valence-corrected chi connectivity index (χ2v) is 7.86. The molecule has 0 bridgehead atoms. The van der Waals surface area contributed by atoms with Gasteiger partial charge in [0, 0.05) is 24.1 Å². The highest BCUT2D eigenvalue weighted by molar-refractivity contribution is 5.96. The fourth-order valence-electron chi connectivity index (χ4n) is 3.71. The van der Waals surface area contributed by atoms with E-state index in [0.29, 0.717) is 28.3 Å². The van der Waals surface area contributed by atoms with Crippen LogP contribution in [0.4, 0.5) is 5.69 Å². The van der Waals surface area contributed by atoms with Crippen LogP contribution in [0, 0.1) is 6.92 Å². The first-order valence-electron chi connectivity index (χ1n) is 10.7. The molecule has 0 saturated carbocycles. The lowest BCUT2D eigenvalue weighted by molar-refractivity contribution is -0.152. The van der Waals surface area contributed by atoms with Gasteiger partial charge in [0.15, 0.2) is 6.10 Å². The molecule has 2 aromatic carbocycles. The first-order chi connectivity index (χ1) is 16.3. The molecule has 0 unspecified atom stereocenters. The molecular weight excluding hydrogens is 438 g/mol. The second-order valence-electron chi connectivity index (χ2n) is 7.86. The number of nitrogens with zero attached hydrogens (tertiary/aromatic N) is 2. The van der Waals surface area contributed by atoms with Crippen molar-refractivity contribution in [2.45, 2.75) is 26.4 Å². The fourth-order valence-corrected chi connectivity index (χ4v) is 3.71. The Bertz CT molecular complexity index is 1410. The Morgan fingerprint density at radius 2 is 1.88 bits per heavy atom. The number of hydrogen-bond acceptors (Lipinski definition) is 6. The molecule has 2 heterocycles. The minimum absolute atomic E-state index is 0.0673. The maximum Gasteiger partial charge on any atom is 0.311 e. The minimum atomic E-state index is -1.10. The molecule has 0 radical (unpaired) electrons. The average molecular weight is 463 g/mol. The summed E-state index contributed by atoms with van der Waals surface area (Å²) < 4.78 is 19.1. The summed E-state index contributed by atoms with van der Waals surface area (Å²) in [6.45, 7) is 3.19. The van der Waals surface area contributed by atoms with Gasteiger partial charge in [0.25, 0.3) is 11.5 Å². The van der Waals surface area contributed by atoms with Gasteiger partial charge >= 0.3 is 5.97 Å². The van der Waals surface area contributed by atoms with Crippen LogP contribution in [-0.4, -0.2) is 34.5 Å². The van der Waals surface area contributed by atoms with E-state index in [4.69, 9.17) is 13.9 Å². The van der Waals surface area contributed by atoms with E-state index in [9.17, 15) is 14.4 Å². The molecule has 2 aromatic heterocycles. The Balaban J connectivity index is 1.45. The smallest absolute Gasteiger partial charge is 0.311 e. The number of anilines is 1. The number of para-hydroxylation sites is 1. The average Bonchev–Trinajstić information content (AvgIpc) is 3.32. The van der Waals surface area contributed by atoms with Crippen LogP contribution in [0.15, 0.2) is 64.0 Å². The monoisotopic (exact) mass is 463 g/mol. The van der Waals surface area contributed by atoms with Crippen LogP contribution < -0.4 is 15.6 Å². The summed E-state index contributed by atoms with van der Waals surface area (Å²) in [6, 6.07) is 14.4. The molecule has 0 saturated heterocycles. The number of methoxy groups -OCH3 is 1. The number of rotatable bonds is 7. The van der Waals surface area contributed by atoms with Gasteiger partial charge in [-0.25, -0.2) is 4.68 Å². The van der Waals surface area contributed by atoms with Crippen LogP contribution in [0.3, 0.4) is 0 Å². The summed E-state index contributed by atoms with van der Waals surface area (Å²) in [5, 5.41) is 3.37. The zero-order valence-electron chi connectivity index (χ0n) is 19.3. The van der Waals surface area contributed by atoms with Gasteiger partial charge in [-0.3, -0.25) is 19.1 Å². The van der Waals surface area contributed by atoms with Crippen molar-refractivity contribution in [3.63, 3.8) is 0 Å². The van der Waals surface area contributed by atoms with Crippen molar-refractivity contribution in [3.05, 3.63) is 76.4 Å². The van der Waals surface area contributed by atoms with E-state index in [1.54, 1.807) is 56.1 Å². The molecule has 9 nitrogen and oxygen atoms in total. The molecule has 0 fully saturated rings. The summed E-state index contributed by atoms with van der Waals surface area (Å²) in [7, 11) is 3.29. The predicted octanol–water partition coefficient (Wildman–Crippen LogP) is 3.35. The van der Waals surface area contributed by atoms with E-state index in [2.05, 4.69) is 5.32 Å². The van der Waals surface area contributed by atoms with Crippen LogP contribution >= 0.6 is 0 Å². The molecule has 4 rings (SSSR count). The van der Waals surface area contributed by atoms with Crippen molar-refractivity contribution in [2.75, 3.05) is 12.4 Å². The molecule has 0 aliphatic heterocycles. The second kappa shape index (κ2) is 9.30. The molecule has 1 N–H and O–H groups in total. The summed E-state index contributed by atoms with van der Waals surface area (Å²) >= 11 is 0. The Hall–Kier alpha value is -4.27. The lowest BCUT2D eigenvalue weighted by Gasteiger charge is -2.12. The number of nitrogens with one attached hydrogen (secondary N) is 1. The number of benzene rings is 2. The number of furan rings is 1. The predicted molar refractivity (Wildman–Crippen MR) is 126 cm³/mol. The quantitative estimate of drug-likeness (QED) is 0.422. The van der Waals surface area contributed by atoms with E-state index >= 15 is 0 Å². The topological polar surface area (TPSA) is 105 Å². The van der Waals surface area contributed by atoms with Gasteiger partial charge in [0.1, 0.15) is 17.0 Å². The number of carbonyl (C=O) groups excluding carboxylic acids is 2. The van der Waals surface area contributed by atoms with Gasteiger partial charge in [-0.05, 0) is 38.1 Å². The van der Waals surface area contributed by atoms with Crippen LogP contribution in [-0.2, 0) is 27.8 Å². The first kappa shape index (κ1) is 22.9. The SMILES string of the molecule is COc1ccc2c(CC(=O)O[C@H](C)C(=O)Nc3c(C)n(C)n(-c4ccccc4)c3=O)coc2c1. The van der Waals surface area contributed by atoms with Crippen LogP contribution in [0.1, 0.15) is 18.2 Å². The zero-order chi connectivity index (χ0) is 24.4. The lowest BCUT2D eigenvalue weighted by atomic mass is 10.1. The molecule has 0 aliphatic rings. The molecule has 0 spiro atoms. The number of ether oxygens (including phenoxy) is 2. The molecule has 9 heteroatoms. The van der Waals surface area contributed by atoms with Crippen molar-refractivity contribution < 1.29 is 23.5 Å². The van der Waals surface area contributed by atoms with Gasteiger partial charge in [-0.1, -0.05) is 18.2 Å². The Kier molecular flexibility index (Phi) is 6.27. The third kappa shape index (κ3) is 4.32. The highest BCUT2D eigenvalue weighted by Gasteiger charge is 2.23. The Morgan fingerprint density at radius 1 is 1.15 bits per heavy atom. The van der Waals surface area contributed by atoms with Gasteiger partial charge in [-0.15, -0.1) is 0 Å². The maximum atomic E-state index is 13.0.